The van der Waals surface area contributed by atoms with Crippen LogP contribution in [0.15, 0.2) is 12.1 Å². The summed E-state index contributed by atoms with van der Waals surface area (Å²) in [4.78, 5) is 10.4. The van der Waals surface area contributed by atoms with Crippen LogP contribution in [-0.2, 0) is 6.18 Å². The Labute approximate surface area is 88.6 Å². The van der Waals surface area contributed by atoms with Crippen molar-refractivity contribution < 1.29 is 22.7 Å². The second-order valence-corrected chi connectivity index (χ2v) is 3.11. The van der Waals surface area contributed by atoms with Gasteiger partial charge < -0.3 is 4.74 Å². The first-order valence-electron chi connectivity index (χ1n) is 3.80. The maximum atomic E-state index is 12.5. The van der Waals surface area contributed by atoms with Crippen LogP contribution in [0.4, 0.5) is 13.2 Å². The summed E-state index contributed by atoms with van der Waals surface area (Å²) in [6.45, 7) is 0. The summed E-state index contributed by atoms with van der Waals surface area (Å²) in [5.41, 5.74) is -1.20. The average Bonchev–Trinajstić information content (AvgIpc) is 2.15. The van der Waals surface area contributed by atoms with E-state index in [-0.39, 0.29) is 10.6 Å². The Hall–Kier alpha value is -1.23. The minimum Gasteiger partial charge on any atom is -0.495 e. The second kappa shape index (κ2) is 4.10. The van der Waals surface area contributed by atoms with Crippen LogP contribution in [0.2, 0.25) is 5.02 Å². The molecule has 0 spiro atoms. The third-order valence-electron chi connectivity index (χ3n) is 1.71. The Bertz CT molecular complexity index is 388. The molecule has 0 unspecified atom stereocenters. The third-order valence-corrected chi connectivity index (χ3v) is 1.99. The van der Waals surface area contributed by atoms with Crippen molar-refractivity contribution in [3.05, 3.63) is 28.3 Å². The highest BCUT2D eigenvalue weighted by Crippen LogP contribution is 2.40. The van der Waals surface area contributed by atoms with Gasteiger partial charge in [0, 0.05) is 5.56 Å². The number of hydrogen-bond donors (Lipinski definition) is 0. The molecule has 2 nitrogen and oxygen atoms in total. The van der Waals surface area contributed by atoms with Crippen molar-refractivity contribution in [3.8, 4) is 5.75 Å². The molecule has 0 amide bonds. The van der Waals surface area contributed by atoms with Crippen molar-refractivity contribution in [2.45, 2.75) is 6.18 Å². The molecule has 0 bridgehead atoms. The highest BCUT2D eigenvalue weighted by atomic mass is 35.5. The molecule has 0 heterocycles. The smallest absolute Gasteiger partial charge is 0.420 e. The van der Waals surface area contributed by atoms with Crippen molar-refractivity contribution >= 4 is 17.9 Å². The zero-order valence-corrected chi connectivity index (χ0v) is 8.32. The number of carbonyl (C=O) groups excluding carboxylic acids is 1. The van der Waals surface area contributed by atoms with Crippen LogP contribution in [0.5, 0.6) is 5.75 Å². The lowest BCUT2D eigenvalue weighted by Crippen LogP contribution is -2.08. The highest BCUT2D eigenvalue weighted by Gasteiger charge is 2.35. The van der Waals surface area contributed by atoms with Gasteiger partial charge in [-0.2, -0.15) is 13.2 Å². The number of alkyl halides is 3. The molecule has 0 fully saturated rings. The Morgan fingerprint density at radius 1 is 1.40 bits per heavy atom. The predicted octanol–water partition coefficient (Wildman–Crippen LogP) is 3.18. The van der Waals surface area contributed by atoms with E-state index in [2.05, 4.69) is 4.74 Å². The molecule has 0 N–H and O–H groups in total. The van der Waals surface area contributed by atoms with E-state index in [0.29, 0.717) is 12.4 Å². The van der Waals surface area contributed by atoms with Crippen molar-refractivity contribution in [2.24, 2.45) is 0 Å². The Kier molecular flexibility index (Phi) is 3.24. The maximum Gasteiger partial charge on any atom is 0.420 e. The molecule has 1 aromatic rings. The Morgan fingerprint density at radius 2 is 2.00 bits per heavy atom. The van der Waals surface area contributed by atoms with Crippen LogP contribution in [-0.4, -0.2) is 13.4 Å². The lowest BCUT2D eigenvalue weighted by Gasteiger charge is -2.13. The number of rotatable bonds is 2. The number of halogens is 4. The number of methoxy groups -OCH3 is 1. The second-order valence-electron chi connectivity index (χ2n) is 2.70. The number of hydrogen-bond acceptors (Lipinski definition) is 2. The molecule has 15 heavy (non-hydrogen) atoms. The van der Waals surface area contributed by atoms with E-state index >= 15 is 0 Å². The first kappa shape index (κ1) is 11.8. The zero-order chi connectivity index (χ0) is 11.6. The lowest BCUT2D eigenvalue weighted by molar-refractivity contribution is -0.138. The number of aldehydes is 1. The number of carbonyl (C=O) groups is 1. The summed E-state index contributed by atoms with van der Waals surface area (Å²) in [7, 11) is 1.08. The summed E-state index contributed by atoms with van der Waals surface area (Å²) < 4.78 is 42.0. The molecule has 0 aliphatic heterocycles. The number of benzene rings is 1. The van der Waals surface area contributed by atoms with Gasteiger partial charge in [-0.3, -0.25) is 4.79 Å². The maximum absolute atomic E-state index is 12.5. The summed E-state index contributed by atoms with van der Waals surface area (Å²) in [6, 6.07) is 1.81. The van der Waals surface area contributed by atoms with Gasteiger partial charge in [0.1, 0.15) is 12.0 Å². The van der Waals surface area contributed by atoms with E-state index in [1.54, 1.807) is 0 Å². The van der Waals surface area contributed by atoms with E-state index in [1.165, 1.54) is 0 Å². The van der Waals surface area contributed by atoms with Crippen molar-refractivity contribution in [2.75, 3.05) is 7.11 Å². The van der Waals surface area contributed by atoms with E-state index in [4.69, 9.17) is 11.6 Å². The minimum atomic E-state index is -4.60. The molecule has 0 aliphatic carbocycles. The summed E-state index contributed by atoms with van der Waals surface area (Å²) in [5.74, 6) is -0.477. The van der Waals surface area contributed by atoms with Gasteiger partial charge in [-0.05, 0) is 12.1 Å². The third kappa shape index (κ3) is 2.41. The summed E-state index contributed by atoms with van der Waals surface area (Å²) in [6.07, 6.45) is -4.31. The van der Waals surface area contributed by atoms with E-state index in [9.17, 15) is 18.0 Å². The van der Waals surface area contributed by atoms with Gasteiger partial charge in [0.05, 0.1) is 17.7 Å². The molecule has 0 saturated carbocycles. The average molecular weight is 239 g/mol. The van der Waals surface area contributed by atoms with Crippen LogP contribution in [0.25, 0.3) is 0 Å². The topological polar surface area (TPSA) is 26.3 Å². The Morgan fingerprint density at radius 3 is 2.40 bits per heavy atom. The van der Waals surface area contributed by atoms with E-state index < -0.39 is 17.5 Å². The van der Waals surface area contributed by atoms with Crippen molar-refractivity contribution in [3.63, 3.8) is 0 Å². The van der Waals surface area contributed by atoms with E-state index in [1.807, 2.05) is 0 Å². The molecular formula is C9H6ClF3O2. The van der Waals surface area contributed by atoms with Gasteiger partial charge in [0.2, 0.25) is 0 Å². The molecule has 6 heteroatoms. The fourth-order valence-corrected chi connectivity index (χ4v) is 1.41. The summed E-state index contributed by atoms with van der Waals surface area (Å²) >= 11 is 5.54. The van der Waals surface area contributed by atoms with Crippen LogP contribution in [0.3, 0.4) is 0 Å². The Balaban J connectivity index is 3.45. The minimum absolute atomic E-state index is 0.145. The first-order chi connectivity index (χ1) is 6.90. The van der Waals surface area contributed by atoms with Crippen LogP contribution >= 0.6 is 11.6 Å². The zero-order valence-electron chi connectivity index (χ0n) is 7.56. The van der Waals surface area contributed by atoms with Crippen molar-refractivity contribution in [1.29, 1.82) is 0 Å². The molecule has 1 rings (SSSR count). The molecule has 0 saturated heterocycles. The van der Waals surface area contributed by atoms with Gasteiger partial charge in [0.25, 0.3) is 0 Å². The molecule has 0 aromatic heterocycles. The van der Waals surface area contributed by atoms with Gasteiger partial charge in [-0.15, -0.1) is 0 Å². The van der Waals surface area contributed by atoms with Crippen LogP contribution in [0, 0.1) is 0 Å². The SMILES string of the molecule is COc1c(Cl)cc(C=O)cc1C(F)(F)F. The standard InChI is InChI=1S/C9H6ClF3O2/c1-15-8-6(9(11,12)13)2-5(4-14)3-7(8)10/h2-4H,1H3. The monoisotopic (exact) mass is 238 g/mol. The molecule has 0 aliphatic rings. The molecule has 1 aromatic carbocycles. The van der Waals surface area contributed by atoms with Crippen molar-refractivity contribution in [1.82, 2.24) is 0 Å². The van der Waals surface area contributed by atoms with Gasteiger partial charge in [-0.25, -0.2) is 0 Å². The van der Waals surface area contributed by atoms with Gasteiger partial charge >= 0.3 is 6.18 Å². The highest BCUT2D eigenvalue weighted by molar-refractivity contribution is 6.32. The molecule has 82 valence electrons. The molecule has 0 radical (unpaired) electrons. The largest absolute Gasteiger partial charge is 0.495 e. The first-order valence-corrected chi connectivity index (χ1v) is 4.18. The predicted molar refractivity (Wildman–Crippen MR) is 48.4 cm³/mol. The van der Waals surface area contributed by atoms with Crippen LogP contribution in [0.1, 0.15) is 15.9 Å². The van der Waals surface area contributed by atoms with Gasteiger partial charge in [0.15, 0.2) is 0 Å². The normalized spacial score (nSPS) is 11.3. The summed E-state index contributed by atoms with van der Waals surface area (Å²) in [5, 5.41) is -0.241. The lowest BCUT2D eigenvalue weighted by atomic mass is 10.1. The molecule has 0 atom stereocenters. The fourth-order valence-electron chi connectivity index (χ4n) is 1.10. The van der Waals surface area contributed by atoms with Crippen LogP contribution < -0.4 is 4.74 Å². The fraction of sp³-hybridized carbons (Fsp3) is 0.222. The number of ether oxygens (including phenoxy) is 1. The quantitative estimate of drug-likeness (QED) is 0.740. The molecular weight excluding hydrogens is 233 g/mol. The van der Waals surface area contributed by atoms with Gasteiger partial charge in [-0.1, -0.05) is 11.6 Å². The van der Waals surface area contributed by atoms with E-state index in [0.717, 1.165) is 13.2 Å².